The van der Waals surface area contributed by atoms with Gasteiger partial charge in [-0.25, -0.2) is 9.98 Å². The summed E-state index contributed by atoms with van der Waals surface area (Å²) in [6.07, 6.45) is 5.38. The van der Waals surface area contributed by atoms with Crippen molar-refractivity contribution in [1.82, 2.24) is 4.98 Å². The third kappa shape index (κ3) is 4.25. The molecule has 0 spiro atoms. The summed E-state index contributed by atoms with van der Waals surface area (Å²) < 4.78 is 0. The van der Waals surface area contributed by atoms with Crippen molar-refractivity contribution >= 4 is 17.5 Å². The van der Waals surface area contributed by atoms with Crippen molar-refractivity contribution in [2.45, 2.75) is 32.7 Å². The van der Waals surface area contributed by atoms with Crippen molar-refractivity contribution in [3.05, 3.63) is 53.7 Å². The Bertz CT molecular complexity index is 687. The molecule has 0 aliphatic carbocycles. The highest BCUT2D eigenvalue weighted by Gasteiger charge is 2.13. The molecule has 24 heavy (non-hydrogen) atoms. The molecule has 0 unspecified atom stereocenters. The van der Waals surface area contributed by atoms with E-state index >= 15 is 0 Å². The van der Waals surface area contributed by atoms with Gasteiger partial charge in [-0.15, -0.1) is 0 Å². The number of rotatable bonds is 5. The highest BCUT2D eigenvalue weighted by molar-refractivity contribution is 5.92. The van der Waals surface area contributed by atoms with Gasteiger partial charge in [-0.05, 0) is 54.7 Å². The normalized spacial score (nSPS) is 14.9. The molecule has 1 aliphatic rings. The van der Waals surface area contributed by atoms with Crippen LogP contribution in [-0.2, 0) is 13.0 Å². The lowest BCUT2D eigenvalue weighted by Gasteiger charge is -2.16. The highest BCUT2D eigenvalue weighted by atomic mass is 15.2. The summed E-state index contributed by atoms with van der Waals surface area (Å²) in [5.41, 5.74) is 9.39. The number of aliphatic imine (C=N–C) groups is 1. The van der Waals surface area contributed by atoms with Gasteiger partial charge in [-0.2, -0.15) is 0 Å². The quantitative estimate of drug-likeness (QED) is 0.655. The number of aryl methyl sites for hydroxylation is 1. The predicted octanol–water partition coefficient (Wildman–Crippen LogP) is 3.17. The zero-order valence-corrected chi connectivity index (χ0v) is 14.2. The van der Waals surface area contributed by atoms with Gasteiger partial charge >= 0.3 is 0 Å². The van der Waals surface area contributed by atoms with E-state index in [0.29, 0.717) is 12.5 Å². The summed E-state index contributed by atoms with van der Waals surface area (Å²) in [6.45, 7) is 4.88. The Balaban J connectivity index is 1.60. The number of pyridine rings is 1. The van der Waals surface area contributed by atoms with Gasteiger partial charge < -0.3 is 16.0 Å². The maximum absolute atomic E-state index is 6.00. The number of hydrogen-bond donors (Lipinski definition) is 2. The maximum atomic E-state index is 6.00. The summed E-state index contributed by atoms with van der Waals surface area (Å²) in [5.74, 6) is 1.47. The first-order valence-corrected chi connectivity index (χ1v) is 8.60. The van der Waals surface area contributed by atoms with Crippen LogP contribution < -0.4 is 16.0 Å². The third-order valence-electron chi connectivity index (χ3n) is 4.31. The molecule has 0 saturated carbocycles. The Morgan fingerprint density at radius 1 is 1.17 bits per heavy atom. The van der Waals surface area contributed by atoms with Gasteiger partial charge in [-0.1, -0.05) is 19.1 Å². The van der Waals surface area contributed by atoms with Crippen LogP contribution >= 0.6 is 0 Å². The smallest absolute Gasteiger partial charge is 0.193 e. The van der Waals surface area contributed by atoms with Crippen LogP contribution in [0.5, 0.6) is 0 Å². The van der Waals surface area contributed by atoms with Crippen molar-refractivity contribution in [1.29, 1.82) is 0 Å². The van der Waals surface area contributed by atoms with E-state index < -0.39 is 0 Å². The monoisotopic (exact) mass is 323 g/mol. The average molecular weight is 323 g/mol. The fraction of sp³-hybridized carbons (Fsp3) is 0.368. The van der Waals surface area contributed by atoms with Gasteiger partial charge in [0.15, 0.2) is 5.96 Å². The van der Waals surface area contributed by atoms with Gasteiger partial charge in [0.1, 0.15) is 5.82 Å². The van der Waals surface area contributed by atoms with Gasteiger partial charge in [0.05, 0.1) is 6.54 Å². The van der Waals surface area contributed by atoms with Gasteiger partial charge in [0, 0.05) is 25.0 Å². The number of guanidine groups is 1. The van der Waals surface area contributed by atoms with Crippen molar-refractivity contribution in [2.75, 3.05) is 23.3 Å². The summed E-state index contributed by atoms with van der Waals surface area (Å²) in [7, 11) is 0. The summed E-state index contributed by atoms with van der Waals surface area (Å²) >= 11 is 0. The lowest BCUT2D eigenvalue weighted by atomic mass is 10.1. The molecule has 0 radical (unpaired) electrons. The van der Waals surface area contributed by atoms with E-state index in [0.717, 1.165) is 36.6 Å². The first kappa shape index (κ1) is 16.3. The number of nitrogens with zero attached hydrogens (tertiary/aromatic N) is 3. The molecule has 1 aromatic heterocycles. The van der Waals surface area contributed by atoms with Crippen LogP contribution in [0, 0.1) is 0 Å². The van der Waals surface area contributed by atoms with Gasteiger partial charge in [-0.3, -0.25) is 0 Å². The van der Waals surface area contributed by atoms with E-state index in [1.54, 1.807) is 0 Å². The summed E-state index contributed by atoms with van der Waals surface area (Å²) in [4.78, 5) is 11.2. The highest BCUT2D eigenvalue weighted by Crippen LogP contribution is 2.18. The summed E-state index contributed by atoms with van der Waals surface area (Å²) in [5, 5.41) is 3.13. The zero-order valence-electron chi connectivity index (χ0n) is 14.2. The number of nitrogens with one attached hydrogen (secondary N) is 1. The fourth-order valence-electron chi connectivity index (χ4n) is 2.87. The van der Waals surface area contributed by atoms with Crippen LogP contribution in [0.15, 0.2) is 47.6 Å². The van der Waals surface area contributed by atoms with Crippen molar-refractivity contribution in [3.63, 3.8) is 0 Å². The van der Waals surface area contributed by atoms with Crippen LogP contribution in [-0.4, -0.2) is 24.0 Å². The molecule has 0 bridgehead atoms. The maximum Gasteiger partial charge on any atom is 0.193 e. The second-order valence-electron chi connectivity index (χ2n) is 6.09. The van der Waals surface area contributed by atoms with E-state index in [1.807, 2.05) is 24.4 Å². The van der Waals surface area contributed by atoms with Crippen molar-refractivity contribution in [3.8, 4) is 0 Å². The van der Waals surface area contributed by atoms with Gasteiger partial charge in [0.25, 0.3) is 0 Å². The van der Waals surface area contributed by atoms with Gasteiger partial charge in [0.2, 0.25) is 0 Å². The summed E-state index contributed by atoms with van der Waals surface area (Å²) in [6, 6.07) is 12.4. The van der Waals surface area contributed by atoms with Crippen LogP contribution in [0.1, 0.15) is 30.9 Å². The largest absolute Gasteiger partial charge is 0.370 e. The van der Waals surface area contributed by atoms with Crippen LogP contribution in [0.4, 0.5) is 11.5 Å². The first-order valence-electron chi connectivity index (χ1n) is 8.60. The third-order valence-corrected chi connectivity index (χ3v) is 4.31. The molecule has 3 rings (SSSR count). The van der Waals surface area contributed by atoms with Crippen LogP contribution in [0.2, 0.25) is 0 Å². The molecule has 5 nitrogen and oxygen atoms in total. The Kier molecular flexibility index (Phi) is 5.31. The predicted molar refractivity (Wildman–Crippen MR) is 100 cm³/mol. The number of hydrogen-bond acceptors (Lipinski definition) is 3. The lowest BCUT2D eigenvalue weighted by molar-refractivity contribution is 0.928. The van der Waals surface area contributed by atoms with E-state index in [2.05, 4.69) is 45.3 Å². The lowest BCUT2D eigenvalue weighted by Crippen LogP contribution is -2.22. The minimum absolute atomic E-state index is 0.429. The number of benzene rings is 1. The minimum Gasteiger partial charge on any atom is -0.370 e. The molecule has 2 heterocycles. The van der Waals surface area contributed by atoms with Crippen LogP contribution in [0.25, 0.3) is 0 Å². The Morgan fingerprint density at radius 2 is 1.92 bits per heavy atom. The SMILES string of the molecule is CCc1ccc(NC(N)=NCc2ccnc(N3CCCC3)c2)cc1. The number of nitrogens with two attached hydrogens (primary N) is 1. The second-order valence-corrected chi connectivity index (χ2v) is 6.09. The minimum atomic E-state index is 0.429. The first-order chi connectivity index (χ1) is 11.7. The van der Waals surface area contributed by atoms with Crippen LogP contribution in [0.3, 0.4) is 0 Å². The Labute approximate surface area is 143 Å². The molecular weight excluding hydrogens is 298 g/mol. The number of aromatic nitrogens is 1. The molecule has 2 aromatic rings. The van der Waals surface area contributed by atoms with Crippen molar-refractivity contribution in [2.24, 2.45) is 10.7 Å². The second kappa shape index (κ2) is 7.81. The molecule has 3 N–H and O–H groups in total. The fourth-order valence-corrected chi connectivity index (χ4v) is 2.87. The van der Waals surface area contributed by atoms with E-state index in [9.17, 15) is 0 Å². The van der Waals surface area contributed by atoms with Crippen molar-refractivity contribution < 1.29 is 0 Å². The zero-order chi connectivity index (χ0) is 16.8. The molecule has 1 aliphatic heterocycles. The Morgan fingerprint density at radius 3 is 2.62 bits per heavy atom. The molecule has 1 saturated heterocycles. The Hall–Kier alpha value is -2.56. The molecule has 1 fully saturated rings. The molecule has 1 aromatic carbocycles. The molecule has 126 valence electrons. The molecule has 5 heteroatoms. The van der Waals surface area contributed by atoms with E-state index in [4.69, 9.17) is 5.73 Å². The standard InChI is InChI=1S/C19H25N5/c1-2-15-5-7-17(8-6-15)23-19(20)22-14-16-9-10-21-18(13-16)24-11-3-4-12-24/h5-10,13H,2-4,11-12,14H2,1H3,(H3,20,22,23). The molecule has 0 amide bonds. The average Bonchev–Trinajstić information content (AvgIpc) is 3.16. The topological polar surface area (TPSA) is 66.5 Å². The molecule has 0 atom stereocenters. The van der Waals surface area contributed by atoms with E-state index in [-0.39, 0.29) is 0 Å². The number of anilines is 2. The van der Waals surface area contributed by atoms with E-state index in [1.165, 1.54) is 18.4 Å². The molecular formula is C19H25N5.